The number of hydrogen-bond acceptors (Lipinski definition) is 6. The predicted octanol–water partition coefficient (Wildman–Crippen LogP) is -0.0903. The van der Waals surface area contributed by atoms with Crippen LogP contribution in [0.25, 0.3) is 0 Å². The molecule has 4 rings (SSSR count). The molecule has 3 aliphatic heterocycles. The van der Waals surface area contributed by atoms with Crippen molar-refractivity contribution in [2.75, 3.05) is 25.1 Å². The number of rotatable bonds is 4. The monoisotopic (exact) mass is 422 g/mol. The molecule has 3 aliphatic rings. The van der Waals surface area contributed by atoms with Crippen LogP contribution >= 0.6 is 23.1 Å². The summed E-state index contributed by atoms with van der Waals surface area (Å²) >= 11 is 2.77. The van der Waals surface area contributed by atoms with Crippen LogP contribution in [0.5, 0.6) is 0 Å². The summed E-state index contributed by atoms with van der Waals surface area (Å²) in [5.74, 6) is -0.344. The fraction of sp³-hybridized carbons (Fsp3) is 0.556. The topological polar surface area (TPSA) is 98.8 Å². The minimum Gasteiger partial charge on any atom is -0.351 e. The van der Waals surface area contributed by atoms with Gasteiger partial charge < -0.3 is 20.4 Å². The maximum atomic E-state index is 13.3. The lowest BCUT2D eigenvalue weighted by atomic mass is 10.1. The van der Waals surface area contributed by atoms with Gasteiger partial charge in [0.25, 0.3) is 5.91 Å². The van der Waals surface area contributed by atoms with Crippen molar-refractivity contribution < 1.29 is 19.2 Å². The zero-order chi connectivity index (χ0) is 19.8. The third kappa shape index (κ3) is 3.39. The highest BCUT2D eigenvalue weighted by atomic mass is 32.2. The van der Waals surface area contributed by atoms with Crippen LogP contribution in [0.4, 0.5) is 0 Å². The Kier molecular flexibility index (Phi) is 5.33. The number of carbonyl (C=O) groups excluding carboxylic acids is 4. The van der Waals surface area contributed by atoms with Gasteiger partial charge in [-0.1, -0.05) is 6.07 Å². The van der Waals surface area contributed by atoms with Crippen molar-refractivity contribution in [1.82, 2.24) is 20.4 Å². The molecule has 0 bridgehead atoms. The van der Waals surface area contributed by atoms with Gasteiger partial charge in [-0.2, -0.15) is 11.8 Å². The van der Waals surface area contributed by atoms with Gasteiger partial charge in [0.15, 0.2) is 0 Å². The Bertz CT molecular complexity index is 800. The van der Waals surface area contributed by atoms with Crippen molar-refractivity contribution in [3.8, 4) is 0 Å². The first-order valence-corrected chi connectivity index (χ1v) is 11.5. The average molecular weight is 423 g/mol. The first-order valence-electron chi connectivity index (χ1n) is 9.23. The van der Waals surface area contributed by atoms with Crippen molar-refractivity contribution in [2.45, 2.75) is 37.0 Å². The third-order valence-electron chi connectivity index (χ3n) is 5.50. The molecule has 0 aromatic carbocycles. The zero-order valence-electron chi connectivity index (χ0n) is 15.4. The summed E-state index contributed by atoms with van der Waals surface area (Å²) in [6, 6.07) is 1.65. The molecule has 4 atom stereocenters. The van der Waals surface area contributed by atoms with Gasteiger partial charge >= 0.3 is 0 Å². The predicted molar refractivity (Wildman–Crippen MR) is 106 cm³/mol. The Morgan fingerprint density at radius 2 is 2.21 bits per heavy atom. The van der Waals surface area contributed by atoms with Crippen LogP contribution in [0, 0.1) is 0 Å². The Labute approximate surface area is 171 Å². The van der Waals surface area contributed by atoms with Crippen LogP contribution in [0.15, 0.2) is 17.5 Å². The van der Waals surface area contributed by atoms with Gasteiger partial charge in [0.1, 0.15) is 12.1 Å². The Morgan fingerprint density at radius 3 is 2.93 bits per heavy atom. The largest absolute Gasteiger partial charge is 0.351 e. The molecule has 3 saturated heterocycles. The Balaban J connectivity index is 1.54. The molecule has 1 aromatic rings. The highest BCUT2D eigenvalue weighted by Crippen LogP contribution is 2.30. The Hall–Kier alpha value is -2.07. The fourth-order valence-electron chi connectivity index (χ4n) is 4.30. The number of carbonyl (C=O) groups is 4. The van der Waals surface area contributed by atoms with E-state index >= 15 is 0 Å². The van der Waals surface area contributed by atoms with Crippen LogP contribution in [-0.2, 0) is 14.4 Å². The number of likely N-dealkylation sites (tertiary alicyclic amines) is 1. The zero-order valence-corrected chi connectivity index (χ0v) is 17.1. The molecule has 8 nitrogen and oxygen atoms in total. The molecule has 0 saturated carbocycles. The number of hydrogen-bond donors (Lipinski definition) is 2. The van der Waals surface area contributed by atoms with Gasteiger partial charge in [0.05, 0.1) is 16.7 Å². The van der Waals surface area contributed by atoms with E-state index in [-0.39, 0.29) is 35.7 Å². The number of amides is 4. The maximum absolute atomic E-state index is 13.3. The minimum atomic E-state index is -0.691. The minimum absolute atomic E-state index is 0.101. The molecule has 10 heteroatoms. The van der Waals surface area contributed by atoms with E-state index in [1.807, 2.05) is 11.6 Å². The van der Waals surface area contributed by atoms with Crippen LogP contribution < -0.4 is 10.6 Å². The van der Waals surface area contributed by atoms with E-state index in [1.54, 1.807) is 21.9 Å². The summed E-state index contributed by atoms with van der Waals surface area (Å²) in [4.78, 5) is 54.5. The van der Waals surface area contributed by atoms with Crippen LogP contribution in [-0.4, -0.2) is 82.7 Å². The van der Waals surface area contributed by atoms with E-state index in [0.717, 1.165) is 0 Å². The van der Waals surface area contributed by atoms with Crippen LogP contribution in [0.2, 0.25) is 0 Å². The Morgan fingerprint density at radius 1 is 1.39 bits per heavy atom. The smallest absolute Gasteiger partial charge is 0.264 e. The van der Waals surface area contributed by atoms with E-state index in [9.17, 15) is 19.2 Å². The first kappa shape index (κ1) is 19.3. The van der Waals surface area contributed by atoms with Crippen LogP contribution in [0.1, 0.15) is 22.5 Å². The second-order valence-corrected chi connectivity index (χ2v) is 9.08. The summed E-state index contributed by atoms with van der Waals surface area (Å²) < 4.78 is 0. The lowest BCUT2D eigenvalue weighted by Gasteiger charge is -2.29. The first-order chi connectivity index (χ1) is 13.5. The molecular weight excluding hydrogens is 400 g/mol. The molecule has 4 heterocycles. The number of fused-ring (bicyclic) bond motifs is 2. The lowest BCUT2D eigenvalue weighted by Crippen LogP contribution is -2.52. The van der Waals surface area contributed by atoms with Gasteiger partial charge in [-0.25, -0.2) is 0 Å². The SMILES string of the molecule is CSCC(=O)N[C@H]1C[C@@H]2C(=O)N[C@H]3CCN(C(=O)c4cccs4)[C@@H]3C(=O)N2C1. The van der Waals surface area contributed by atoms with E-state index in [2.05, 4.69) is 10.6 Å². The quantitative estimate of drug-likeness (QED) is 0.707. The molecule has 1 aromatic heterocycles. The number of nitrogens with zero attached hydrogens (tertiary/aromatic N) is 2. The average Bonchev–Trinajstić information content (AvgIpc) is 3.39. The van der Waals surface area contributed by atoms with Crippen molar-refractivity contribution >= 4 is 46.7 Å². The summed E-state index contributed by atoms with van der Waals surface area (Å²) in [7, 11) is 0. The van der Waals surface area contributed by atoms with E-state index < -0.39 is 12.1 Å². The standard InChI is InChI=1S/C18H22N4O4S2/c1-27-9-14(23)19-10-7-12-16(24)20-11-4-5-21(15(11)18(26)22(12)8-10)17(25)13-3-2-6-28-13/h2-3,6,10-12,15H,4-5,7-9H2,1H3,(H,19,23)(H,20,24)/t10-,11-,12+,15-/m0/s1. The summed E-state index contributed by atoms with van der Waals surface area (Å²) in [5, 5.41) is 7.69. The van der Waals surface area contributed by atoms with Gasteiger partial charge in [0, 0.05) is 19.1 Å². The summed E-state index contributed by atoms with van der Waals surface area (Å²) in [6.07, 6.45) is 2.81. The van der Waals surface area contributed by atoms with Crippen LogP contribution in [0.3, 0.4) is 0 Å². The fourth-order valence-corrected chi connectivity index (χ4v) is 5.32. The van der Waals surface area contributed by atoms with Crippen molar-refractivity contribution in [3.63, 3.8) is 0 Å². The molecule has 0 unspecified atom stereocenters. The second-order valence-electron chi connectivity index (χ2n) is 7.26. The summed E-state index contributed by atoms with van der Waals surface area (Å²) in [5.41, 5.74) is 0. The molecule has 0 spiro atoms. The molecule has 0 radical (unpaired) electrons. The molecule has 0 aliphatic carbocycles. The second kappa shape index (κ2) is 7.75. The number of thioether (sulfide) groups is 1. The number of nitrogens with one attached hydrogen (secondary N) is 2. The highest BCUT2D eigenvalue weighted by Gasteiger charge is 2.52. The molecule has 2 N–H and O–H groups in total. The van der Waals surface area contributed by atoms with E-state index in [1.165, 1.54) is 23.1 Å². The summed E-state index contributed by atoms with van der Waals surface area (Å²) in [6.45, 7) is 0.728. The molecule has 150 valence electrons. The molecule has 4 amide bonds. The molecular formula is C18H22N4O4S2. The molecule has 28 heavy (non-hydrogen) atoms. The van der Waals surface area contributed by atoms with Gasteiger partial charge in [-0.3, -0.25) is 19.2 Å². The lowest BCUT2D eigenvalue weighted by molar-refractivity contribution is -0.138. The van der Waals surface area contributed by atoms with Crippen molar-refractivity contribution in [2.24, 2.45) is 0 Å². The van der Waals surface area contributed by atoms with Gasteiger partial charge in [-0.05, 0) is 30.5 Å². The van der Waals surface area contributed by atoms with Gasteiger partial charge in [0.2, 0.25) is 17.7 Å². The highest BCUT2D eigenvalue weighted by molar-refractivity contribution is 7.99. The van der Waals surface area contributed by atoms with E-state index in [0.29, 0.717) is 36.6 Å². The maximum Gasteiger partial charge on any atom is 0.264 e. The van der Waals surface area contributed by atoms with Gasteiger partial charge in [-0.15, -0.1) is 11.3 Å². The normalized spacial score (nSPS) is 29.2. The van der Waals surface area contributed by atoms with Crippen molar-refractivity contribution in [3.05, 3.63) is 22.4 Å². The number of thiophene rings is 1. The van der Waals surface area contributed by atoms with E-state index in [4.69, 9.17) is 0 Å². The van der Waals surface area contributed by atoms with Crippen molar-refractivity contribution in [1.29, 1.82) is 0 Å². The molecule has 3 fully saturated rings. The third-order valence-corrected chi connectivity index (χ3v) is 6.91.